The van der Waals surface area contributed by atoms with E-state index in [-0.39, 0.29) is 6.61 Å². The SMILES string of the molecule is COc1ccccc1C1CCN(c2nc(C3(F)CCCC3)nc3ccc(CNCCO)cc23)CC1. The number of hydrogen-bond acceptors (Lipinski definition) is 6. The van der Waals surface area contributed by atoms with Gasteiger partial charge in [-0.25, -0.2) is 14.4 Å². The van der Waals surface area contributed by atoms with Crippen LogP contribution in [0.15, 0.2) is 42.5 Å². The number of anilines is 1. The molecule has 3 aromatic rings. The van der Waals surface area contributed by atoms with Gasteiger partial charge in [0.25, 0.3) is 0 Å². The summed E-state index contributed by atoms with van der Waals surface area (Å²) in [5.74, 6) is 2.56. The average Bonchev–Trinajstić information content (AvgIpc) is 3.36. The second-order valence-corrected chi connectivity index (χ2v) is 9.80. The lowest BCUT2D eigenvalue weighted by molar-refractivity contribution is 0.162. The van der Waals surface area contributed by atoms with Gasteiger partial charge in [0.2, 0.25) is 0 Å². The first-order valence-electron chi connectivity index (χ1n) is 12.8. The Balaban J connectivity index is 1.46. The van der Waals surface area contributed by atoms with Crippen molar-refractivity contribution in [1.29, 1.82) is 0 Å². The van der Waals surface area contributed by atoms with Crippen LogP contribution >= 0.6 is 0 Å². The van der Waals surface area contributed by atoms with Crippen LogP contribution in [0.4, 0.5) is 10.2 Å². The first-order valence-corrected chi connectivity index (χ1v) is 12.8. The molecule has 7 heteroatoms. The first kappa shape index (κ1) is 23.9. The van der Waals surface area contributed by atoms with Crippen LogP contribution in [0.5, 0.6) is 5.75 Å². The monoisotopic (exact) mass is 478 g/mol. The number of nitrogens with one attached hydrogen (secondary N) is 1. The summed E-state index contributed by atoms with van der Waals surface area (Å²) in [6, 6.07) is 14.4. The van der Waals surface area contributed by atoms with Crippen LogP contribution in [-0.4, -0.2) is 48.4 Å². The number of aromatic nitrogens is 2. The maximum atomic E-state index is 15.8. The van der Waals surface area contributed by atoms with Gasteiger partial charge in [-0.05, 0) is 73.8 Å². The molecule has 2 fully saturated rings. The zero-order valence-corrected chi connectivity index (χ0v) is 20.5. The van der Waals surface area contributed by atoms with Gasteiger partial charge in [0.1, 0.15) is 11.6 Å². The van der Waals surface area contributed by atoms with Crippen molar-refractivity contribution in [3.8, 4) is 5.75 Å². The average molecular weight is 479 g/mol. The smallest absolute Gasteiger partial charge is 0.170 e. The number of piperidine rings is 1. The van der Waals surface area contributed by atoms with E-state index >= 15 is 4.39 Å². The molecular formula is C28H35FN4O2. The maximum Gasteiger partial charge on any atom is 0.170 e. The lowest BCUT2D eigenvalue weighted by Crippen LogP contribution is -2.34. The Labute approximate surface area is 206 Å². The summed E-state index contributed by atoms with van der Waals surface area (Å²) in [5.41, 5.74) is 1.73. The summed E-state index contributed by atoms with van der Waals surface area (Å²) in [6.45, 7) is 2.99. The fourth-order valence-electron chi connectivity index (χ4n) is 5.59. The summed E-state index contributed by atoms with van der Waals surface area (Å²) in [4.78, 5) is 11.9. The molecule has 0 spiro atoms. The Bertz CT molecular complexity index is 1160. The van der Waals surface area contributed by atoms with Crippen LogP contribution in [0, 0.1) is 0 Å². The molecule has 0 atom stereocenters. The van der Waals surface area contributed by atoms with Crippen LogP contribution < -0.4 is 15.0 Å². The Hall–Kier alpha value is -2.77. The van der Waals surface area contributed by atoms with E-state index in [0.717, 1.165) is 66.8 Å². The third-order valence-electron chi connectivity index (χ3n) is 7.53. The van der Waals surface area contributed by atoms with E-state index in [1.54, 1.807) is 7.11 Å². The first-order chi connectivity index (χ1) is 17.1. The summed E-state index contributed by atoms with van der Waals surface area (Å²) in [7, 11) is 1.73. The van der Waals surface area contributed by atoms with E-state index in [1.807, 2.05) is 24.3 Å². The van der Waals surface area contributed by atoms with Crippen LogP contribution in [-0.2, 0) is 12.2 Å². The number of halogens is 1. The number of alkyl halides is 1. The molecule has 0 unspecified atom stereocenters. The van der Waals surface area contributed by atoms with E-state index in [1.165, 1.54) is 5.56 Å². The number of hydrogen-bond donors (Lipinski definition) is 2. The van der Waals surface area contributed by atoms with Crippen molar-refractivity contribution in [1.82, 2.24) is 15.3 Å². The fourth-order valence-corrected chi connectivity index (χ4v) is 5.59. The molecule has 2 heterocycles. The van der Waals surface area contributed by atoms with Crippen molar-refractivity contribution in [2.45, 2.75) is 56.7 Å². The minimum Gasteiger partial charge on any atom is -0.496 e. The van der Waals surface area contributed by atoms with Crippen molar-refractivity contribution in [3.05, 3.63) is 59.4 Å². The Kier molecular flexibility index (Phi) is 7.16. The number of para-hydroxylation sites is 1. The minimum atomic E-state index is -1.43. The molecular weight excluding hydrogens is 443 g/mol. The Morgan fingerprint density at radius 3 is 2.63 bits per heavy atom. The highest BCUT2D eigenvalue weighted by atomic mass is 19.1. The molecule has 0 amide bonds. The van der Waals surface area contributed by atoms with E-state index in [9.17, 15) is 0 Å². The molecule has 0 bridgehead atoms. The lowest BCUT2D eigenvalue weighted by Gasteiger charge is -2.34. The second kappa shape index (κ2) is 10.5. The van der Waals surface area contributed by atoms with Crippen molar-refractivity contribution in [2.75, 3.05) is 38.3 Å². The van der Waals surface area contributed by atoms with E-state index in [4.69, 9.17) is 19.8 Å². The van der Waals surface area contributed by atoms with Gasteiger partial charge in [-0.3, -0.25) is 0 Å². The zero-order valence-electron chi connectivity index (χ0n) is 20.5. The molecule has 0 radical (unpaired) electrons. The van der Waals surface area contributed by atoms with E-state index in [2.05, 4.69) is 28.4 Å². The minimum absolute atomic E-state index is 0.102. The highest BCUT2D eigenvalue weighted by molar-refractivity contribution is 5.90. The van der Waals surface area contributed by atoms with Gasteiger partial charge in [-0.2, -0.15) is 0 Å². The Morgan fingerprint density at radius 2 is 1.89 bits per heavy atom. The van der Waals surface area contributed by atoms with Crippen LogP contribution in [0.3, 0.4) is 0 Å². The summed E-state index contributed by atoms with van der Waals surface area (Å²) >= 11 is 0. The topological polar surface area (TPSA) is 70.5 Å². The number of rotatable bonds is 8. The molecule has 6 nitrogen and oxygen atoms in total. The van der Waals surface area contributed by atoms with Gasteiger partial charge >= 0.3 is 0 Å². The molecule has 35 heavy (non-hydrogen) atoms. The van der Waals surface area contributed by atoms with Gasteiger partial charge in [0.05, 0.1) is 19.2 Å². The third-order valence-corrected chi connectivity index (χ3v) is 7.53. The van der Waals surface area contributed by atoms with Gasteiger partial charge in [0.15, 0.2) is 11.5 Å². The van der Waals surface area contributed by atoms with Crippen LogP contribution in [0.1, 0.15) is 61.4 Å². The van der Waals surface area contributed by atoms with Crippen molar-refractivity contribution in [2.24, 2.45) is 0 Å². The predicted molar refractivity (Wildman–Crippen MR) is 137 cm³/mol. The van der Waals surface area contributed by atoms with Crippen molar-refractivity contribution >= 4 is 16.7 Å². The molecule has 1 aliphatic carbocycles. The maximum absolute atomic E-state index is 15.8. The fraction of sp³-hybridized carbons (Fsp3) is 0.500. The number of ether oxygens (including phenoxy) is 1. The molecule has 1 aromatic heterocycles. The molecule has 5 rings (SSSR count). The van der Waals surface area contributed by atoms with Crippen molar-refractivity contribution < 1.29 is 14.2 Å². The lowest BCUT2D eigenvalue weighted by atomic mass is 9.88. The molecule has 186 valence electrons. The highest BCUT2D eigenvalue weighted by Crippen LogP contribution is 2.43. The number of methoxy groups -OCH3 is 1. The van der Waals surface area contributed by atoms with Gasteiger partial charge in [0, 0.05) is 31.6 Å². The molecule has 1 aliphatic heterocycles. The molecule has 2 aromatic carbocycles. The highest BCUT2D eigenvalue weighted by Gasteiger charge is 2.39. The Morgan fingerprint density at radius 1 is 1.11 bits per heavy atom. The molecule has 1 saturated heterocycles. The molecule has 2 N–H and O–H groups in total. The van der Waals surface area contributed by atoms with E-state index in [0.29, 0.717) is 37.7 Å². The standard InChI is InChI=1S/C28H35FN4O2/c1-35-25-7-3-2-6-22(25)21-10-15-33(16-11-21)26-23-18-20(19-30-14-17-34)8-9-24(23)31-27(32-26)28(29)12-4-5-13-28/h2-3,6-9,18,21,30,34H,4-5,10-17,19H2,1H3. The van der Waals surface area contributed by atoms with E-state index < -0.39 is 5.67 Å². The number of fused-ring (bicyclic) bond motifs is 1. The summed E-state index contributed by atoms with van der Waals surface area (Å²) < 4.78 is 21.4. The largest absolute Gasteiger partial charge is 0.496 e. The zero-order chi connectivity index (χ0) is 24.3. The number of benzene rings is 2. The normalized spacial score (nSPS) is 18.3. The van der Waals surface area contributed by atoms with Crippen LogP contribution in [0.25, 0.3) is 10.9 Å². The third kappa shape index (κ3) is 4.98. The van der Waals surface area contributed by atoms with Gasteiger partial charge < -0.3 is 20.1 Å². The van der Waals surface area contributed by atoms with Gasteiger partial charge in [-0.1, -0.05) is 24.3 Å². The van der Waals surface area contributed by atoms with Crippen molar-refractivity contribution in [3.63, 3.8) is 0 Å². The quantitative estimate of drug-likeness (QED) is 0.452. The number of aliphatic hydroxyl groups is 1. The second-order valence-electron chi connectivity index (χ2n) is 9.80. The van der Waals surface area contributed by atoms with Crippen LogP contribution in [0.2, 0.25) is 0 Å². The number of aliphatic hydroxyl groups excluding tert-OH is 1. The molecule has 1 saturated carbocycles. The number of nitrogens with zero attached hydrogens (tertiary/aromatic N) is 3. The van der Waals surface area contributed by atoms with Gasteiger partial charge in [-0.15, -0.1) is 0 Å². The summed E-state index contributed by atoms with van der Waals surface area (Å²) in [6.07, 6.45) is 4.73. The summed E-state index contributed by atoms with van der Waals surface area (Å²) in [5, 5.41) is 13.3. The molecule has 2 aliphatic rings. The predicted octanol–water partition coefficient (Wildman–Crippen LogP) is 4.84.